The molecule has 9 heteroatoms. The first-order valence-corrected chi connectivity index (χ1v) is 8.26. The molecule has 24 heavy (non-hydrogen) atoms. The van der Waals surface area contributed by atoms with Crippen molar-refractivity contribution in [3.8, 4) is 6.07 Å². The van der Waals surface area contributed by atoms with Crippen LogP contribution in [0.5, 0.6) is 0 Å². The summed E-state index contributed by atoms with van der Waals surface area (Å²) < 4.78 is 14.1. The maximum absolute atomic E-state index is 14.1. The van der Waals surface area contributed by atoms with Crippen LogP contribution in [0.4, 0.5) is 15.2 Å². The van der Waals surface area contributed by atoms with Crippen molar-refractivity contribution in [1.29, 1.82) is 5.26 Å². The summed E-state index contributed by atoms with van der Waals surface area (Å²) in [4.78, 5) is 15.9. The summed E-state index contributed by atoms with van der Waals surface area (Å²) in [5, 5.41) is 19.4. The zero-order chi connectivity index (χ0) is 16.9. The standard InChI is InChI=1S/C15H15FN6OS/c16-12-7-11(8-17)1-2-13(12)22-5-3-21(4-6-22)9-14(23)19-15-20-18-10-24-15/h1-2,7,10H,3-6,9H2,(H,19,20,23). The molecule has 1 amide bonds. The number of rotatable bonds is 4. The monoisotopic (exact) mass is 346 g/mol. The van der Waals surface area contributed by atoms with Crippen molar-refractivity contribution < 1.29 is 9.18 Å². The minimum absolute atomic E-state index is 0.134. The molecule has 1 saturated heterocycles. The van der Waals surface area contributed by atoms with Crippen LogP contribution in [0.3, 0.4) is 0 Å². The van der Waals surface area contributed by atoms with Gasteiger partial charge in [0, 0.05) is 26.2 Å². The molecule has 1 N–H and O–H groups in total. The Labute approximate surface area is 142 Å². The van der Waals surface area contributed by atoms with Gasteiger partial charge in [-0.25, -0.2) is 4.39 Å². The van der Waals surface area contributed by atoms with E-state index in [4.69, 9.17) is 5.26 Å². The van der Waals surface area contributed by atoms with Crippen LogP contribution in [-0.2, 0) is 4.79 Å². The molecule has 0 bridgehead atoms. The third-order valence-corrected chi connectivity index (χ3v) is 4.37. The molecule has 3 rings (SSSR count). The second-order valence-corrected chi connectivity index (χ2v) is 6.17. The van der Waals surface area contributed by atoms with E-state index in [-0.39, 0.29) is 12.5 Å². The SMILES string of the molecule is N#Cc1ccc(N2CCN(CC(=O)Nc3nncs3)CC2)c(F)c1. The average molecular weight is 346 g/mol. The van der Waals surface area contributed by atoms with Gasteiger partial charge in [-0.3, -0.25) is 15.0 Å². The summed E-state index contributed by atoms with van der Waals surface area (Å²) in [5.74, 6) is -0.527. The molecule has 1 aromatic carbocycles. The quantitative estimate of drug-likeness (QED) is 0.898. The van der Waals surface area contributed by atoms with Gasteiger partial charge in [0.1, 0.15) is 11.3 Å². The Balaban J connectivity index is 1.52. The van der Waals surface area contributed by atoms with Gasteiger partial charge in [0.05, 0.1) is 23.9 Å². The summed E-state index contributed by atoms with van der Waals surface area (Å²) in [5.41, 5.74) is 2.36. The number of carbonyl (C=O) groups is 1. The number of nitrogens with zero attached hydrogens (tertiary/aromatic N) is 5. The maximum atomic E-state index is 14.1. The second kappa shape index (κ2) is 7.33. The molecule has 0 saturated carbocycles. The van der Waals surface area contributed by atoms with Crippen LogP contribution >= 0.6 is 11.3 Å². The van der Waals surface area contributed by atoms with Crippen molar-refractivity contribution in [2.24, 2.45) is 0 Å². The van der Waals surface area contributed by atoms with Crippen molar-refractivity contribution in [2.45, 2.75) is 0 Å². The Morgan fingerprint density at radius 3 is 2.79 bits per heavy atom. The molecule has 1 aliphatic rings. The third kappa shape index (κ3) is 3.84. The van der Waals surface area contributed by atoms with Crippen molar-refractivity contribution in [2.75, 3.05) is 42.9 Å². The lowest BCUT2D eigenvalue weighted by atomic mass is 10.2. The zero-order valence-electron chi connectivity index (χ0n) is 12.8. The highest BCUT2D eigenvalue weighted by Gasteiger charge is 2.21. The molecule has 7 nitrogen and oxygen atoms in total. The number of hydrogen-bond acceptors (Lipinski definition) is 7. The molecule has 0 atom stereocenters. The van der Waals surface area contributed by atoms with E-state index in [2.05, 4.69) is 15.5 Å². The molecule has 1 fully saturated rings. The third-order valence-electron chi connectivity index (χ3n) is 3.76. The number of aromatic nitrogens is 2. The molecule has 2 heterocycles. The van der Waals surface area contributed by atoms with Crippen LogP contribution < -0.4 is 10.2 Å². The smallest absolute Gasteiger partial charge is 0.240 e. The van der Waals surface area contributed by atoms with E-state index in [0.717, 1.165) is 0 Å². The first-order valence-electron chi connectivity index (χ1n) is 7.38. The highest BCUT2D eigenvalue weighted by Crippen LogP contribution is 2.21. The van der Waals surface area contributed by atoms with Crippen LogP contribution in [0, 0.1) is 17.1 Å². The van der Waals surface area contributed by atoms with Gasteiger partial charge in [0.25, 0.3) is 0 Å². The van der Waals surface area contributed by atoms with E-state index in [1.165, 1.54) is 17.4 Å². The summed E-state index contributed by atoms with van der Waals surface area (Å²) in [7, 11) is 0. The van der Waals surface area contributed by atoms with Crippen LogP contribution in [0.1, 0.15) is 5.56 Å². The van der Waals surface area contributed by atoms with Crippen molar-refractivity contribution in [3.05, 3.63) is 35.1 Å². The Kier molecular flexibility index (Phi) is 4.98. The highest BCUT2D eigenvalue weighted by atomic mass is 32.1. The topological polar surface area (TPSA) is 85.2 Å². The Morgan fingerprint density at radius 2 is 2.17 bits per heavy atom. The predicted molar refractivity (Wildman–Crippen MR) is 88.3 cm³/mol. The van der Waals surface area contributed by atoms with Gasteiger partial charge in [-0.15, -0.1) is 10.2 Å². The van der Waals surface area contributed by atoms with Crippen LogP contribution in [0.25, 0.3) is 0 Å². The number of piperazine rings is 1. The number of benzene rings is 1. The fourth-order valence-electron chi connectivity index (χ4n) is 2.57. The molecule has 1 aromatic heterocycles. The van der Waals surface area contributed by atoms with E-state index in [9.17, 15) is 9.18 Å². The van der Waals surface area contributed by atoms with Gasteiger partial charge in [0.2, 0.25) is 11.0 Å². The van der Waals surface area contributed by atoms with Crippen molar-refractivity contribution >= 4 is 28.1 Å². The van der Waals surface area contributed by atoms with E-state index in [0.29, 0.717) is 42.6 Å². The number of anilines is 2. The Morgan fingerprint density at radius 1 is 1.38 bits per heavy atom. The molecular formula is C15H15FN6OS. The molecule has 0 spiro atoms. The first-order chi connectivity index (χ1) is 11.7. The van der Waals surface area contributed by atoms with Gasteiger partial charge in [-0.2, -0.15) is 5.26 Å². The largest absolute Gasteiger partial charge is 0.367 e. The second-order valence-electron chi connectivity index (χ2n) is 5.33. The summed E-state index contributed by atoms with van der Waals surface area (Å²) >= 11 is 1.27. The summed E-state index contributed by atoms with van der Waals surface area (Å²) in [6, 6.07) is 6.41. The van der Waals surface area contributed by atoms with Crippen molar-refractivity contribution in [1.82, 2.24) is 15.1 Å². The fraction of sp³-hybridized carbons (Fsp3) is 0.333. The van der Waals surface area contributed by atoms with Gasteiger partial charge in [0.15, 0.2) is 0 Å². The number of hydrogen-bond donors (Lipinski definition) is 1. The van der Waals surface area contributed by atoms with E-state index in [1.54, 1.807) is 17.6 Å². The maximum Gasteiger partial charge on any atom is 0.240 e. The van der Waals surface area contributed by atoms with Crippen LogP contribution in [0.15, 0.2) is 23.7 Å². The number of nitriles is 1. The lowest BCUT2D eigenvalue weighted by Gasteiger charge is -2.35. The lowest BCUT2D eigenvalue weighted by Crippen LogP contribution is -2.48. The average Bonchev–Trinajstić information content (AvgIpc) is 3.08. The minimum atomic E-state index is -0.392. The van der Waals surface area contributed by atoms with Gasteiger partial charge < -0.3 is 4.90 Å². The molecule has 0 unspecified atom stereocenters. The molecule has 0 radical (unpaired) electrons. The molecular weight excluding hydrogens is 331 g/mol. The van der Waals surface area contributed by atoms with E-state index in [1.807, 2.05) is 15.9 Å². The summed E-state index contributed by atoms with van der Waals surface area (Å²) in [6.07, 6.45) is 0. The fourth-order valence-corrected chi connectivity index (χ4v) is 3.03. The molecule has 2 aromatic rings. The summed E-state index contributed by atoms with van der Waals surface area (Å²) in [6.45, 7) is 2.82. The highest BCUT2D eigenvalue weighted by molar-refractivity contribution is 7.13. The lowest BCUT2D eigenvalue weighted by molar-refractivity contribution is -0.117. The number of amides is 1. The number of nitrogens with one attached hydrogen (secondary N) is 1. The van der Waals surface area contributed by atoms with Gasteiger partial charge in [-0.1, -0.05) is 11.3 Å². The van der Waals surface area contributed by atoms with Crippen LogP contribution in [-0.4, -0.2) is 53.7 Å². The normalized spacial score (nSPS) is 15.1. The zero-order valence-corrected chi connectivity index (χ0v) is 13.6. The predicted octanol–water partition coefficient (Wildman–Crippen LogP) is 1.31. The van der Waals surface area contributed by atoms with Crippen LogP contribution in [0.2, 0.25) is 0 Å². The van der Waals surface area contributed by atoms with Gasteiger partial charge >= 0.3 is 0 Å². The molecule has 0 aliphatic carbocycles. The van der Waals surface area contributed by atoms with Gasteiger partial charge in [-0.05, 0) is 18.2 Å². The van der Waals surface area contributed by atoms with E-state index < -0.39 is 5.82 Å². The molecule has 124 valence electrons. The number of carbonyl (C=O) groups excluding carboxylic acids is 1. The Bertz CT molecular complexity index is 752. The Hall–Kier alpha value is -2.57. The molecule has 1 aliphatic heterocycles. The number of halogens is 1. The van der Waals surface area contributed by atoms with Crippen molar-refractivity contribution in [3.63, 3.8) is 0 Å². The first kappa shape index (κ1) is 16.3. The van der Waals surface area contributed by atoms with E-state index >= 15 is 0 Å². The minimum Gasteiger partial charge on any atom is -0.367 e.